The highest BCUT2D eigenvalue weighted by Gasteiger charge is 2.32. The van der Waals surface area contributed by atoms with Crippen molar-refractivity contribution in [1.29, 1.82) is 0 Å². The van der Waals surface area contributed by atoms with Crippen LogP contribution in [0.25, 0.3) is 0 Å². The molecule has 122 valence electrons. The van der Waals surface area contributed by atoms with Crippen LogP contribution < -0.4 is 10.6 Å². The molecule has 1 aromatic rings. The van der Waals surface area contributed by atoms with E-state index in [1.165, 1.54) is 12.7 Å². The minimum Gasteiger partial charge on any atom is -0.459 e. The third-order valence-corrected chi connectivity index (χ3v) is 4.30. The van der Waals surface area contributed by atoms with Crippen molar-refractivity contribution in [2.75, 3.05) is 13.1 Å². The first kappa shape index (κ1) is 16.8. The van der Waals surface area contributed by atoms with Crippen LogP contribution in [-0.4, -0.2) is 47.9 Å². The molecule has 3 atom stereocenters. The maximum atomic E-state index is 12.5. The van der Waals surface area contributed by atoms with Gasteiger partial charge in [0.05, 0.1) is 6.26 Å². The number of halogens is 1. The second-order valence-electron chi connectivity index (χ2n) is 5.88. The Kier molecular flexibility index (Phi) is 5.47. The number of likely N-dealkylation sites (tertiary alicyclic amines) is 1. The van der Waals surface area contributed by atoms with Gasteiger partial charge in [-0.05, 0) is 38.3 Å². The van der Waals surface area contributed by atoms with E-state index >= 15 is 0 Å². The fourth-order valence-corrected chi connectivity index (χ4v) is 3.15. The minimum absolute atomic E-state index is 0. The molecule has 0 spiro atoms. The topological polar surface area (TPSA) is 74.6 Å². The van der Waals surface area contributed by atoms with E-state index in [1.807, 2.05) is 4.90 Å². The number of amides is 2. The van der Waals surface area contributed by atoms with Gasteiger partial charge < -0.3 is 20.0 Å². The first-order valence-corrected chi connectivity index (χ1v) is 7.52. The molecule has 2 N–H and O–H groups in total. The number of carbonyl (C=O) groups is 2. The maximum absolute atomic E-state index is 12.5. The van der Waals surface area contributed by atoms with Crippen molar-refractivity contribution in [1.82, 2.24) is 15.5 Å². The number of nitrogens with one attached hydrogen (secondary N) is 2. The second-order valence-corrected chi connectivity index (χ2v) is 5.88. The van der Waals surface area contributed by atoms with Crippen molar-refractivity contribution in [3.63, 3.8) is 0 Å². The van der Waals surface area contributed by atoms with Crippen LogP contribution >= 0.6 is 12.4 Å². The van der Waals surface area contributed by atoms with Crippen molar-refractivity contribution < 1.29 is 14.0 Å². The summed E-state index contributed by atoms with van der Waals surface area (Å²) in [6.45, 7) is 3.21. The van der Waals surface area contributed by atoms with Crippen LogP contribution in [0.5, 0.6) is 0 Å². The number of hydrogen-bond acceptors (Lipinski definition) is 4. The highest BCUT2D eigenvalue weighted by atomic mass is 35.5. The monoisotopic (exact) mass is 327 g/mol. The van der Waals surface area contributed by atoms with Gasteiger partial charge in [0.2, 0.25) is 5.91 Å². The second kappa shape index (κ2) is 7.15. The Morgan fingerprint density at radius 2 is 2.14 bits per heavy atom. The molecule has 7 heteroatoms. The van der Waals surface area contributed by atoms with Gasteiger partial charge in [-0.3, -0.25) is 9.59 Å². The molecule has 3 unspecified atom stereocenters. The van der Waals surface area contributed by atoms with Crippen LogP contribution in [0.1, 0.15) is 36.7 Å². The molecule has 3 heterocycles. The molecular weight excluding hydrogens is 306 g/mol. The molecule has 6 nitrogen and oxygen atoms in total. The third kappa shape index (κ3) is 3.62. The molecule has 0 radical (unpaired) electrons. The van der Waals surface area contributed by atoms with Gasteiger partial charge in [0, 0.05) is 25.2 Å². The lowest BCUT2D eigenvalue weighted by Gasteiger charge is -2.27. The number of furan rings is 1. The highest BCUT2D eigenvalue weighted by molar-refractivity contribution is 5.95. The zero-order chi connectivity index (χ0) is 14.8. The number of hydrogen-bond donors (Lipinski definition) is 2. The number of rotatable bonds is 3. The molecule has 2 amide bonds. The molecule has 2 aliphatic heterocycles. The summed E-state index contributed by atoms with van der Waals surface area (Å²) >= 11 is 0. The van der Waals surface area contributed by atoms with Gasteiger partial charge >= 0.3 is 0 Å². The summed E-state index contributed by atoms with van der Waals surface area (Å²) in [5.74, 6) is -0.147. The standard InChI is InChI=1S/C15H21N3O3.ClH/c1-10(16-14(19)13-3-2-8-21-13)15(20)18-7-6-11-4-5-12(9-18)17-11;/h2-3,8,10-12,17H,4-7,9H2,1H3,(H,16,19);1H. The van der Waals surface area contributed by atoms with Crippen molar-refractivity contribution in [2.24, 2.45) is 0 Å². The fraction of sp³-hybridized carbons (Fsp3) is 0.600. The Labute approximate surface area is 136 Å². The van der Waals surface area contributed by atoms with Crippen LogP contribution in [0.3, 0.4) is 0 Å². The van der Waals surface area contributed by atoms with E-state index in [0.29, 0.717) is 12.1 Å². The molecule has 3 rings (SSSR count). The van der Waals surface area contributed by atoms with E-state index in [-0.39, 0.29) is 30.0 Å². The largest absolute Gasteiger partial charge is 0.459 e. The minimum atomic E-state index is -0.542. The quantitative estimate of drug-likeness (QED) is 0.874. The van der Waals surface area contributed by atoms with Gasteiger partial charge in [0.25, 0.3) is 5.91 Å². The first-order valence-electron chi connectivity index (χ1n) is 7.52. The molecule has 2 saturated heterocycles. The van der Waals surface area contributed by atoms with Gasteiger partial charge in [0.1, 0.15) is 6.04 Å². The summed E-state index contributed by atoms with van der Waals surface area (Å²) in [6.07, 6.45) is 4.76. The van der Waals surface area contributed by atoms with Gasteiger partial charge in [-0.25, -0.2) is 0 Å². The molecule has 22 heavy (non-hydrogen) atoms. The lowest BCUT2D eigenvalue weighted by Crippen LogP contribution is -2.49. The molecule has 1 aromatic heterocycles. The highest BCUT2D eigenvalue weighted by Crippen LogP contribution is 2.20. The predicted octanol–water partition coefficient (Wildman–Crippen LogP) is 1.17. The van der Waals surface area contributed by atoms with E-state index in [2.05, 4.69) is 10.6 Å². The van der Waals surface area contributed by atoms with Crippen LogP contribution in [0.2, 0.25) is 0 Å². The summed E-state index contributed by atoms with van der Waals surface area (Å²) in [5, 5.41) is 6.24. The summed E-state index contributed by atoms with van der Waals surface area (Å²) < 4.78 is 5.03. The molecule has 0 saturated carbocycles. The van der Waals surface area contributed by atoms with Gasteiger partial charge in [-0.15, -0.1) is 12.4 Å². The molecular formula is C15H22ClN3O3. The Hall–Kier alpha value is -1.53. The average Bonchev–Trinajstić information content (AvgIpc) is 3.07. The van der Waals surface area contributed by atoms with E-state index in [1.54, 1.807) is 19.1 Å². The normalized spacial score (nSPS) is 25.0. The van der Waals surface area contributed by atoms with E-state index in [9.17, 15) is 9.59 Å². The Morgan fingerprint density at radius 1 is 1.36 bits per heavy atom. The van der Waals surface area contributed by atoms with Crippen molar-refractivity contribution in [3.8, 4) is 0 Å². The molecule has 2 fully saturated rings. The van der Waals surface area contributed by atoms with Gasteiger partial charge in [-0.2, -0.15) is 0 Å². The van der Waals surface area contributed by atoms with Crippen LogP contribution in [-0.2, 0) is 4.79 Å². The van der Waals surface area contributed by atoms with E-state index < -0.39 is 6.04 Å². The molecule has 2 bridgehead atoms. The fourth-order valence-electron chi connectivity index (χ4n) is 3.15. The molecule has 0 aliphatic carbocycles. The number of carbonyl (C=O) groups excluding carboxylic acids is 2. The summed E-state index contributed by atoms with van der Waals surface area (Å²) in [4.78, 5) is 26.3. The molecule has 0 aromatic carbocycles. The zero-order valence-corrected chi connectivity index (χ0v) is 13.4. The number of fused-ring (bicyclic) bond motifs is 2. The number of nitrogens with zero attached hydrogens (tertiary/aromatic N) is 1. The predicted molar refractivity (Wildman–Crippen MR) is 84.0 cm³/mol. The summed E-state index contributed by atoms with van der Waals surface area (Å²) in [7, 11) is 0. The van der Waals surface area contributed by atoms with Crippen molar-refractivity contribution in [3.05, 3.63) is 24.2 Å². The van der Waals surface area contributed by atoms with Gasteiger partial charge in [-0.1, -0.05) is 0 Å². The lowest BCUT2D eigenvalue weighted by molar-refractivity contribution is -0.133. The zero-order valence-electron chi connectivity index (χ0n) is 12.6. The van der Waals surface area contributed by atoms with E-state index in [4.69, 9.17) is 4.42 Å². The van der Waals surface area contributed by atoms with Crippen LogP contribution in [0.4, 0.5) is 0 Å². The summed E-state index contributed by atoms with van der Waals surface area (Å²) in [5.41, 5.74) is 0. The SMILES string of the molecule is CC(NC(=O)c1ccco1)C(=O)N1CCC2CCC(C1)N2.Cl. The van der Waals surface area contributed by atoms with Crippen LogP contribution in [0.15, 0.2) is 22.8 Å². The third-order valence-electron chi connectivity index (χ3n) is 4.30. The van der Waals surface area contributed by atoms with Crippen molar-refractivity contribution in [2.45, 2.75) is 44.3 Å². The summed E-state index contributed by atoms with van der Waals surface area (Å²) in [6, 6.07) is 3.63. The Balaban J connectivity index is 0.00000176. The average molecular weight is 328 g/mol. The van der Waals surface area contributed by atoms with Crippen molar-refractivity contribution >= 4 is 24.2 Å². The Morgan fingerprint density at radius 3 is 2.86 bits per heavy atom. The first-order chi connectivity index (χ1) is 10.1. The maximum Gasteiger partial charge on any atom is 0.287 e. The van der Waals surface area contributed by atoms with E-state index in [0.717, 1.165) is 25.9 Å². The lowest BCUT2D eigenvalue weighted by atomic mass is 10.1. The smallest absolute Gasteiger partial charge is 0.287 e. The van der Waals surface area contributed by atoms with Crippen LogP contribution in [0, 0.1) is 0 Å². The molecule has 2 aliphatic rings. The van der Waals surface area contributed by atoms with Gasteiger partial charge in [0.15, 0.2) is 5.76 Å². The Bertz CT molecular complexity index is 520.